The second-order valence-corrected chi connectivity index (χ2v) is 6.40. The van der Waals surface area contributed by atoms with Gasteiger partial charge in [-0.1, -0.05) is 23.2 Å². The van der Waals surface area contributed by atoms with Crippen molar-refractivity contribution in [3.63, 3.8) is 0 Å². The van der Waals surface area contributed by atoms with Crippen molar-refractivity contribution in [3.8, 4) is 0 Å². The standard InChI is InChI=1S/C17H12Cl2N3O4/c1-8(23)14-16(24)12-6-11(22(25)26)7-13(19)15(12)21-17(14)20-10-4-2-9(18)3-5-10/h2-7,22H,1H3,(H2,20,21,24)/q-1. The molecule has 1 heterocycles. The molecule has 0 aliphatic heterocycles. The number of hydrogen-bond acceptors (Lipinski definition) is 5. The zero-order valence-corrected chi connectivity index (χ0v) is 14.9. The normalized spacial score (nSPS) is 11.2. The SMILES string of the molecule is CC(=O)c1c(Nc2ccc(Cl)cc2)[nH]c2c(Cl)cc([NH+]([O-])[O-])cc2c1=O. The van der Waals surface area contributed by atoms with Crippen LogP contribution in [-0.2, 0) is 0 Å². The van der Waals surface area contributed by atoms with Crippen LogP contribution in [-0.4, -0.2) is 10.8 Å². The van der Waals surface area contributed by atoms with Gasteiger partial charge in [-0.3, -0.25) is 9.59 Å². The molecule has 1 aromatic heterocycles. The quantitative estimate of drug-likeness (QED) is 0.465. The number of quaternary nitrogens is 1. The number of ketones is 1. The number of Topliss-reactive ketones (excluding diaryl/α,β-unsaturated/α-hetero) is 1. The summed E-state index contributed by atoms with van der Waals surface area (Å²) in [5, 5.41) is 24.2. The first-order valence-electron chi connectivity index (χ1n) is 7.42. The van der Waals surface area contributed by atoms with Gasteiger partial charge in [0.15, 0.2) is 5.78 Å². The van der Waals surface area contributed by atoms with Crippen molar-refractivity contribution in [3.05, 3.63) is 72.6 Å². The summed E-state index contributed by atoms with van der Waals surface area (Å²) in [5.41, 5.74) is -0.217. The number of carbonyl (C=O) groups excluding carboxylic acids is 1. The summed E-state index contributed by atoms with van der Waals surface area (Å²) in [6.45, 7) is 1.24. The molecule has 0 saturated carbocycles. The highest BCUT2D eigenvalue weighted by atomic mass is 35.5. The Morgan fingerprint density at radius 3 is 2.38 bits per heavy atom. The average molecular weight is 393 g/mol. The molecule has 0 spiro atoms. The molecule has 0 bridgehead atoms. The van der Waals surface area contributed by atoms with Gasteiger partial charge in [0, 0.05) is 22.8 Å². The van der Waals surface area contributed by atoms with Gasteiger partial charge in [-0.05, 0) is 31.2 Å². The van der Waals surface area contributed by atoms with Crippen LogP contribution in [0.3, 0.4) is 0 Å². The van der Waals surface area contributed by atoms with Crippen molar-refractivity contribution < 1.29 is 10.0 Å². The van der Waals surface area contributed by atoms with Crippen molar-refractivity contribution >= 4 is 57.1 Å². The van der Waals surface area contributed by atoms with Crippen LogP contribution in [0.4, 0.5) is 17.2 Å². The summed E-state index contributed by atoms with van der Waals surface area (Å²) < 4.78 is 0. The minimum absolute atomic E-state index is 0.0106. The molecule has 0 radical (unpaired) electrons. The summed E-state index contributed by atoms with van der Waals surface area (Å²) in [5.74, 6) is -0.333. The number of rotatable bonds is 4. The smallest absolute Gasteiger partial charge is 0.202 e. The number of halogens is 2. The topological polar surface area (TPSA) is 113 Å². The van der Waals surface area contributed by atoms with Crippen LogP contribution in [0.2, 0.25) is 10.0 Å². The number of anilines is 2. The van der Waals surface area contributed by atoms with E-state index < -0.39 is 16.4 Å². The molecule has 0 aliphatic carbocycles. The second kappa shape index (κ2) is 7.06. The lowest BCUT2D eigenvalue weighted by molar-refractivity contribution is -0.715. The van der Waals surface area contributed by atoms with Crippen LogP contribution < -0.4 is 16.0 Å². The zero-order valence-electron chi connectivity index (χ0n) is 13.4. The first-order chi connectivity index (χ1) is 12.3. The largest absolute Gasteiger partial charge is 0.628 e. The molecule has 7 nitrogen and oxygen atoms in total. The molecular formula is C17H12Cl2N3O4-. The molecule has 0 amide bonds. The van der Waals surface area contributed by atoms with Crippen molar-refractivity contribution in [2.24, 2.45) is 0 Å². The molecule has 0 saturated heterocycles. The number of hydrogen-bond donors (Lipinski definition) is 3. The number of benzene rings is 2. The second-order valence-electron chi connectivity index (χ2n) is 5.56. The van der Waals surface area contributed by atoms with Crippen LogP contribution in [0.25, 0.3) is 10.9 Å². The monoisotopic (exact) mass is 392 g/mol. The molecule has 3 aromatic rings. The molecule has 3 rings (SSSR count). The Labute approximate surface area is 157 Å². The third-order valence-corrected chi connectivity index (χ3v) is 4.31. The highest BCUT2D eigenvalue weighted by molar-refractivity contribution is 6.35. The molecule has 26 heavy (non-hydrogen) atoms. The minimum atomic E-state index is -1.47. The van der Waals surface area contributed by atoms with Gasteiger partial charge in [0.2, 0.25) is 5.43 Å². The molecular weight excluding hydrogens is 381 g/mol. The van der Waals surface area contributed by atoms with E-state index in [1.54, 1.807) is 24.3 Å². The highest BCUT2D eigenvalue weighted by Gasteiger charge is 2.19. The van der Waals surface area contributed by atoms with E-state index in [1.807, 2.05) is 0 Å². The fourth-order valence-electron chi connectivity index (χ4n) is 2.57. The van der Waals surface area contributed by atoms with E-state index in [9.17, 15) is 20.0 Å². The lowest BCUT2D eigenvalue weighted by Crippen LogP contribution is -2.96. The Bertz CT molecular complexity index is 1060. The average Bonchev–Trinajstić information content (AvgIpc) is 2.57. The molecule has 0 aliphatic rings. The van der Waals surface area contributed by atoms with Crippen LogP contribution in [0.5, 0.6) is 0 Å². The maximum Gasteiger partial charge on any atom is 0.202 e. The number of pyridine rings is 1. The van der Waals surface area contributed by atoms with Gasteiger partial charge in [-0.2, -0.15) is 0 Å². The predicted octanol–water partition coefficient (Wildman–Crippen LogP) is 3.29. The van der Waals surface area contributed by atoms with E-state index in [0.717, 1.165) is 6.07 Å². The van der Waals surface area contributed by atoms with E-state index >= 15 is 0 Å². The fraction of sp³-hybridized carbons (Fsp3) is 0.0588. The number of nitrogens with one attached hydrogen (secondary N) is 3. The van der Waals surface area contributed by atoms with E-state index in [2.05, 4.69) is 10.3 Å². The van der Waals surface area contributed by atoms with Crippen LogP contribution in [0.1, 0.15) is 17.3 Å². The van der Waals surface area contributed by atoms with Gasteiger partial charge in [0.1, 0.15) is 17.1 Å². The van der Waals surface area contributed by atoms with Crippen LogP contribution >= 0.6 is 23.2 Å². The molecule has 0 atom stereocenters. The third-order valence-electron chi connectivity index (χ3n) is 3.76. The molecule has 2 aromatic carbocycles. The molecule has 3 N–H and O–H groups in total. The van der Waals surface area contributed by atoms with Gasteiger partial charge < -0.3 is 25.9 Å². The Kier molecular flexibility index (Phi) is 4.99. The van der Waals surface area contributed by atoms with E-state index in [-0.39, 0.29) is 33.0 Å². The lowest BCUT2D eigenvalue weighted by Gasteiger charge is -2.25. The number of aromatic amines is 1. The Morgan fingerprint density at radius 1 is 1.15 bits per heavy atom. The van der Waals surface area contributed by atoms with Crippen LogP contribution in [0, 0.1) is 10.4 Å². The Morgan fingerprint density at radius 2 is 1.81 bits per heavy atom. The number of fused-ring (bicyclic) bond motifs is 1. The van der Waals surface area contributed by atoms with Crippen molar-refractivity contribution in [1.82, 2.24) is 4.98 Å². The summed E-state index contributed by atoms with van der Waals surface area (Å²) in [6, 6.07) is 8.96. The summed E-state index contributed by atoms with van der Waals surface area (Å²) in [4.78, 5) is 27.7. The van der Waals surface area contributed by atoms with E-state index in [0.29, 0.717) is 10.7 Å². The maximum atomic E-state index is 12.8. The lowest BCUT2D eigenvalue weighted by atomic mass is 10.1. The van der Waals surface area contributed by atoms with Crippen LogP contribution in [0.15, 0.2) is 41.2 Å². The summed E-state index contributed by atoms with van der Waals surface area (Å²) >= 11 is 12.0. The highest BCUT2D eigenvalue weighted by Crippen LogP contribution is 2.27. The first kappa shape index (κ1) is 18.4. The Balaban J connectivity index is 2.25. The number of aromatic nitrogens is 1. The number of carbonyl (C=O) groups is 1. The molecule has 0 fully saturated rings. The minimum Gasteiger partial charge on any atom is -0.628 e. The van der Waals surface area contributed by atoms with Crippen molar-refractivity contribution in [2.75, 3.05) is 5.32 Å². The number of H-pyrrole nitrogens is 1. The van der Waals surface area contributed by atoms with Crippen molar-refractivity contribution in [2.45, 2.75) is 6.92 Å². The van der Waals surface area contributed by atoms with Gasteiger partial charge >= 0.3 is 0 Å². The zero-order chi connectivity index (χ0) is 19.0. The van der Waals surface area contributed by atoms with Gasteiger partial charge in [-0.15, -0.1) is 0 Å². The molecule has 134 valence electrons. The van der Waals surface area contributed by atoms with Gasteiger partial charge in [-0.25, -0.2) is 0 Å². The van der Waals surface area contributed by atoms with E-state index in [4.69, 9.17) is 23.2 Å². The Hall–Kier alpha value is -2.42. The van der Waals surface area contributed by atoms with E-state index in [1.165, 1.54) is 13.0 Å². The third kappa shape index (κ3) is 3.44. The van der Waals surface area contributed by atoms with Gasteiger partial charge in [0.25, 0.3) is 0 Å². The fourth-order valence-corrected chi connectivity index (χ4v) is 2.97. The maximum absolute atomic E-state index is 12.8. The summed E-state index contributed by atoms with van der Waals surface area (Å²) in [7, 11) is 0. The molecule has 9 heteroatoms. The molecule has 0 unspecified atom stereocenters. The predicted molar refractivity (Wildman–Crippen MR) is 102 cm³/mol. The van der Waals surface area contributed by atoms with Crippen molar-refractivity contribution in [1.29, 1.82) is 0 Å². The summed E-state index contributed by atoms with van der Waals surface area (Å²) in [6.07, 6.45) is 0. The first-order valence-corrected chi connectivity index (χ1v) is 8.18. The van der Waals surface area contributed by atoms with Gasteiger partial charge in [0.05, 0.1) is 15.9 Å².